The SMILES string of the molecule is CCC(O)C(I)CC. The van der Waals surface area contributed by atoms with Crippen LogP contribution in [0.1, 0.15) is 26.7 Å². The molecule has 0 saturated carbocycles. The molecule has 2 atom stereocenters. The van der Waals surface area contributed by atoms with Crippen LogP contribution in [0.2, 0.25) is 0 Å². The van der Waals surface area contributed by atoms with Gasteiger partial charge in [-0.25, -0.2) is 0 Å². The molecule has 0 heterocycles. The molecule has 0 aliphatic carbocycles. The third-order valence-electron chi connectivity index (χ3n) is 1.23. The van der Waals surface area contributed by atoms with Crippen LogP contribution >= 0.6 is 22.6 Å². The lowest BCUT2D eigenvalue weighted by Crippen LogP contribution is -2.17. The minimum atomic E-state index is -0.0967. The summed E-state index contributed by atoms with van der Waals surface area (Å²) in [6.45, 7) is 4.10. The van der Waals surface area contributed by atoms with Crippen LogP contribution in [0, 0.1) is 0 Å². The molecular weight excluding hydrogens is 215 g/mol. The third kappa shape index (κ3) is 2.87. The van der Waals surface area contributed by atoms with Crippen LogP contribution in [-0.2, 0) is 0 Å². The van der Waals surface area contributed by atoms with Gasteiger partial charge in [-0.2, -0.15) is 0 Å². The van der Waals surface area contributed by atoms with Gasteiger partial charge in [0.05, 0.1) is 6.10 Å². The van der Waals surface area contributed by atoms with E-state index in [4.69, 9.17) is 5.11 Å². The van der Waals surface area contributed by atoms with Crippen LogP contribution < -0.4 is 0 Å². The first-order valence-corrected chi connectivity index (χ1v) is 4.29. The zero-order valence-electron chi connectivity index (χ0n) is 5.39. The number of hydrogen-bond donors (Lipinski definition) is 1. The smallest absolute Gasteiger partial charge is 0.0655 e. The maximum atomic E-state index is 9.12. The zero-order valence-corrected chi connectivity index (χ0v) is 7.55. The van der Waals surface area contributed by atoms with Crippen LogP contribution in [0.25, 0.3) is 0 Å². The second-order valence-corrected chi connectivity index (χ2v) is 3.50. The van der Waals surface area contributed by atoms with Crippen LogP contribution in [0.5, 0.6) is 0 Å². The van der Waals surface area contributed by atoms with E-state index in [0.29, 0.717) is 3.92 Å². The molecule has 0 aromatic rings. The fourth-order valence-corrected chi connectivity index (χ4v) is 1.04. The Hall–Kier alpha value is 0.690. The first-order valence-electron chi connectivity index (χ1n) is 3.04. The highest BCUT2D eigenvalue weighted by Gasteiger charge is 2.09. The van der Waals surface area contributed by atoms with Gasteiger partial charge in [-0.05, 0) is 12.8 Å². The molecule has 0 aliphatic heterocycles. The molecule has 0 aliphatic rings. The third-order valence-corrected chi connectivity index (χ3v) is 2.94. The number of alkyl halides is 1. The molecule has 0 amide bonds. The molecule has 0 saturated heterocycles. The van der Waals surface area contributed by atoms with Gasteiger partial charge in [-0.3, -0.25) is 0 Å². The van der Waals surface area contributed by atoms with E-state index in [2.05, 4.69) is 29.5 Å². The van der Waals surface area contributed by atoms with E-state index in [1.165, 1.54) is 0 Å². The number of rotatable bonds is 3. The van der Waals surface area contributed by atoms with Crippen molar-refractivity contribution in [1.82, 2.24) is 0 Å². The van der Waals surface area contributed by atoms with Crippen molar-refractivity contribution in [3.05, 3.63) is 0 Å². The molecule has 0 spiro atoms. The van der Waals surface area contributed by atoms with Crippen molar-refractivity contribution in [2.24, 2.45) is 0 Å². The summed E-state index contributed by atoms with van der Waals surface area (Å²) in [5, 5.41) is 9.12. The Bertz CT molecular complexity index is 48.5. The minimum absolute atomic E-state index is 0.0967. The molecule has 2 unspecified atom stereocenters. The first-order chi connectivity index (χ1) is 3.72. The molecule has 0 bridgehead atoms. The van der Waals surface area contributed by atoms with Gasteiger partial charge in [0.1, 0.15) is 0 Å². The maximum absolute atomic E-state index is 9.12. The van der Waals surface area contributed by atoms with E-state index in [0.717, 1.165) is 12.8 Å². The van der Waals surface area contributed by atoms with Crippen LogP contribution in [-0.4, -0.2) is 15.1 Å². The van der Waals surface area contributed by atoms with Crippen LogP contribution in [0.4, 0.5) is 0 Å². The van der Waals surface area contributed by atoms with Crippen molar-refractivity contribution in [3.8, 4) is 0 Å². The number of aliphatic hydroxyl groups excluding tert-OH is 1. The summed E-state index contributed by atoms with van der Waals surface area (Å²) in [4.78, 5) is 0. The van der Waals surface area contributed by atoms with Crippen molar-refractivity contribution >= 4 is 22.6 Å². The molecule has 0 rings (SSSR count). The Morgan fingerprint density at radius 3 is 2.00 bits per heavy atom. The molecule has 2 heteroatoms. The number of aliphatic hydroxyl groups is 1. The van der Waals surface area contributed by atoms with Gasteiger partial charge in [-0.15, -0.1) is 0 Å². The number of halogens is 1. The average Bonchev–Trinajstić information content (AvgIpc) is 1.84. The summed E-state index contributed by atoms with van der Waals surface area (Å²) in [7, 11) is 0. The Morgan fingerprint density at radius 2 is 1.88 bits per heavy atom. The quantitative estimate of drug-likeness (QED) is 0.578. The molecule has 0 aromatic heterocycles. The van der Waals surface area contributed by atoms with Crippen LogP contribution in [0.15, 0.2) is 0 Å². The molecule has 0 aromatic carbocycles. The van der Waals surface area contributed by atoms with Crippen molar-refractivity contribution in [3.63, 3.8) is 0 Å². The molecule has 0 fully saturated rings. The zero-order chi connectivity index (χ0) is 6.57. The standard InChI is InChI=1S/C6H13IO/c1-3-5(7)6(8)4-2/h5-6,8H,3-4H2,1-2H3. The van der Waals surface area contributed by atoms with E-state index >= 15 is 0 Å². The highest BCUT2D eigenvalue weighted by Crippen LogP contribution is 2.12. The monoisotopic (exact) mass is 228 g/mol. The lowest BCUT2D eigenvalue weighted by molar-refractivity contribution is 0.170. The van der Waals surface area contributed by atoms with Gasteiger partial charge in [-0.1, -0.05) is 36.4 Å². The highest BCUT2D eigenvalue weighted by molar-refractivity contribution is 14.1. The van der Waals surface area contributed by atoms with E-state index in [-0.39, 0.29) is 6.10 Å². The summed E-state index contributed by atoms with van der Waals surface area (Å²) in [5.74, 6) is 0. The second kappa shape index (κ2) is 4.56. The van der Waals surface area contributed by atoms with Crippen LogP contribution in [0.3, 0.4) is 0 Å². The minimum Gasteiger partial charge on any atom is -0.392 e. The molecule has 1 N–H and O–H groups in total. The van der Waals surface area contributed by atoms with Crippen molar-refractivity contribution in [2.75, 3.05) is 0 Å². The summed E-state index contributed by atoms with van der Waals surface area (Å²) < 4.78 is 0.442. The predicted octanol–water partition coefficient (Wildman–Crippen LogP) is 1.97. The average molecular weight is 228 g/mol. The summed E-state index contributed by atoms with van der Waals surface area (Å²) in [6, 6.07) is 0. The Labute approximate surface area is 64.6 Å². The van der Waals surface area contributed by atoms with E-state index in [9.17, 15) is 0 Å². The largest absolute Gasteiger partial charge is 0.392 e. The van der Waals surface area contributed by atoms with Crippen molar-refractivity contribution in [1.29, 1.82) is 0 Å². The van der Waals surface area contributed by atoms with Gasteiger partial charge < -0.3 is 5.11 Å². The topological polar surface area (TPSA) is 20.2 Å². The Kier molecular flexibility index (Phi) is 4.95. The molecule has 50 valence electrons. The maximum Gasteiger partial charge on any atom is 0.0655 e. The predicted molar refractivity (Wildman–Crippen MR) is 44.4 cm³/mol. The summed E-state index contributed by atoms with van der Waals surface area (Å²) in [5.41, 5.74) is 0. The normalized spacial score (nSPS) is 18.0. The van der Waals surface area contributed by atoms with Gasteiger partial charge in [0.2, 0.25) is 0 Å². The molecule has 1 nitrogen and oxygen atoms in total. The van der Waals surface area contributed by atoms with E-state index in [1.807, 2.05) is 6.92 Å². The summed E-state index contributed by atoms with van der Waals surface area (Å²) in [6.07, 6.45) is 1.84. The fourth-order valence-electron chi connectivity index (χ4n) is 0.528. The summed E-state index contributed by atoms with van der Waals surface area (Å²) >= 11 is 2.28. The van der Waals surface area contributed by atoms with Gasteiger partial charge in [0.25, 0.3) is 0 Å². The molecule has 0 radical (unpaired) electrons. The Balaban J connectivity index is 3.29. The van der Waals surface area contributed by atoms with Gasteiger partial charge >= 0.3 is 0 Å². The first kappa shape index (κ1) is 8.69. The van der Waals surface area contributed by atoms with Crippen molar-refractivity contribution < 1.29 is 5.11 Å². The fraction of sp³-hybridized carbons (Fsp3) is 1.00. The molecular formula is C6H13IO. The van der Waals surface area contributed by atoms with Crippen molar-refractivity contribution in [2.45, 2.75) is 36.7 Å². The highest BCUT2D eigenvalue weighted by atomic mass is 127. The number of hydrogen-bond acceptors (Lipinski definition) is 1. The van der Waals surface area contributed by atoms with Gasteiger partial charge in [0.15, 0.2) is 0 Å². The lowest BCUT2D eigenvalue weighted by atomic mass is 10.2. The van der Waals surface area contributed by atoms with E-state index < -0.39 is 0 Å². The van der Waals surface area contributed by atoms with Gasteiger partial charge in [0, 0.05) is 3.92 Å². The molecule has 8 heavy (non-hydrogen) atoms. The van der Waals surface area contributed by atoms with E-state index in [1.54, 1.807) is 0 Å². The lowest BCUT2D eigenvalue weighted by Gasteiger charge is -2.11. The Morgan fingerprint density at radius 1 is 1.38 bits per heavy atom. The second-order valence-electron chi connectivity index (χ2n) is 1.90.